The number of fused-ring (bicyclic) bond motifs is 3. The molecule has 0 fully saturated rings. The first-order valence-corrected chi connectivity index (χ1v) is 10.4. The number of carbonyl (C=O) groups excluding carboxylic acids is 1. The molecule has 31 heavy (non-hydrogen) atoms. The van der Waals surface area contributed by atoms with Gasteiger partial charge in [-0.25, -0.2) is 4.79 Å². The summed E-state index contributed by atoms with van der Waals surface area (Å²) in [5, 5.41) is 9.10. The van der Waals surface area contributed by atoms with E-state index in [9.17, 15) is 9.59 Å². The summed E-state index contributed by atoms with van der Waals surface area (Å²) in [6, 6.07) is 24.2. The van der Waals surface area contributed by atoms with Crippen molar-refractivity contribution >= 4 is 12.1 Å². The summed E-state index contributed by atoms with van der Waals surface area (Å²) in [6.45, 7) is 2.61. The van der Waals surface area contributed by atoms with Gasteiger partial charge < -0.3 is 14.7 Å². The lowest BCUT2D eigenvalue weighted by Gasteiger charge is -2.23. The zero-order chi connectivity index (χ0) is 21.8. The third kappa shape index (κ3) is 4.61. The van der Waals surface area contributed by atoms with E-state index in [1.807, 2.05) is 55.5 Å². The van der Waals surface area contributed by atoms with Gasteiger partial charge in [0.1, 0.15) is 6.61 Å². The smallest absolute Gasteiger partial charge is 0.410 e. The van der Waals surface area contributed by atoms with Crippen molar-refractivity contribution in [2.75, 3.05) is 13.2 Å². The molecule has 1 aliphatic carbocycles. The Labute approximate surface area is 181 Å². The third-order valence-electron chi connectivity index (χ3n) is 5.65. The Balaban J connectivity index is 1.50. The molecule has 0 heterocycles. The maximum Gasteiger partial charge on any atom is 0.410 e. The van der Waals surface area contributed by atoms with Crippen molar-refractivity contribution in [3.8, 4) is 11.1 Å². The average molecular weight is 415 g/mol. The first kappa shape index (κ1) is 20.7. The molecule has 5 nitrogen and oxygen atoms in total. The summed E-state index contributed by atoms with van der Waals surface area (Å²) in [6.07, 6.45) is -0.625. The van der Waals surface area contributed by atoms with Crippen molar-refractivity contribution in [1.82, 2.24) is 4.90 Å². The number of aryl methyl sites for hydroxylation is 1. The van der Waals surface area contributed by atoms with Crippen LogP contribution in [-0.4, -0.2) is 35.2 Å². The monoisotopic (exact) mass is 415 g/mol. The van der Waals surface area contributed by atoms with Crippen molar-refractivity contribution in [2.45, 2.75) is 25.8 Å². The summed E-state index contributed by atoms with van der Waals surface area (Å²) >= 11 is 0. The molecule has 158 valence electrons. The standard InChI is InChI=1S/C26H25NO4/c1-18-7-6-8-19(15-18)16-27(14-13-25(28)29)26(30)31-17-24-22-11-4-2-9-20(22)21-10-3-5-12-23(21)24/h2-12,15,24H,13-14,16-17H2,1H3,(H,28,29). The van der Waals surface area contributed by atoms with Gasteiger partial charge in [-0.1, -0.05) is 78.4 Å². The molecule has 3 aromatic carbocycles. The minimum atomic E-state index is -0.944. The third-order valence-corrected chi connectivity index (χ3v) is 5.65. The van der Waals surface area contributed by atoms with Crippen LogP contribution in [-0.2, 0) is 16.1 Å². The van der Waals surface area contributed by atoms with Gasteiger partial charge in [0.25, 0.3) is 0 Å². The lowest BCUT2D eigenvalue weighted by Crippen LogP contribution is -2.34. The zero-order valence-corrected chi connectivity index (χ0v) is 17.5. The van der Waals surface area contributed by atoms with Crippen molar-refractivity contribution in [2.24, 2.45) is 0 Å². The number of hydrogen-bond acceptors (Lipinski definition) is 3. The molecule has 0 unspecified atom stereocenters. The number of rotatable bonds is 7. The Morgan fingerprint density at radius 1 is 0.935 bits per heavy atom. The number of carbonyl (C=O) groups is 2. The van der Waals surface area contributed by atoms with E-state index in [-0.39, 0.29) is 25.5 Å². The van der Waals surface area contributed by atoms with Crippen LogP contribution in [0.1, 0.15) is 34.6 Å². The van der Waals surface area contributed by atoms with Crippen LogP contribution in [0.3, 0.4) is 0 Å². The summed E-state index contributed by atoms with van der Waals surface area (Å²) in [4.78, 5) is 25.5. The van der Waals surface area contributed by atoms with Crippen molar-refractivity contribution in [3.05, 3.63) is 95.1 Å². The van der Waals surface area contributed by atoms with Crippen LogP contribution >= 0.6 is 0 Å². The Kier molecular flexibility index (Phi) is 6.03. The Morgan fingerprint density at radius 2 is 1.58 bits per heavy atom. The number of benzene rings is 3. The molecule has 0 aliphatic heterocycles. The molecule has 0 saturated heterocycles. The van der Waals surface area contributed by atoms with Crippen LogP contribution in [0.5, 0.6) is 0 Å². The number of hydrogen-bond donors (Lipinski definition) is 1. The van der Waals surface area contributed by atoms with E-state index in [1.165, 1.54) is 16.0 Å². The molecule has 0 atom stereocenters. The predicted molar refractivity (Wildman–Crippen MR) is 119 cm³/mol. The largest absolute Gasteiger partial charge is 0.481 e. The number of aliphatic carboxylic acids is 1. The fourth-order valence-electron chi connectivity index (χ4n) is 4.18. The number of carboxylic acid groups (broad SMARTS) is 1. The first-order chi connectivity index (χ1) is 15.0. The van der Waals surface area contributed by atoms with E-state index >= 15 is 0 Å². The summed E-state index contributed by atoms with van der Waals surface area (Å²) in [5.41, 5.74) is 6.66. The number of nitrogens with zero attached hydrogens (tertiary/aromatic N) is 1. The van der Waals surface area contributed by atoms with Gasteiger partial charge in [0.15, 0.2) is 0 Å². The van der Waals surface area contributed by atoms with Crippen LogP contribution < -0.4 is 0 Å². The highest BCUT2D eigenvalue weighted by atomic mass is 16.6. The van der Waals surface area contributed by atoms with Crippen LogP contribution in [0.25, 0.3) is 11.1 Å². The fourth-order valence-corrected chi connectivity index (χ4v) is 4.18. The highest BCUT2D eigenvalue weighted by Gasteiger charge is 2.29. The number of ether oxygens (including phenoxy) is 1. The molecule has 0 aromatic heterocycles. The molecule has 0 radical (unpaired) electrons. The second-order valence-electron chi connectivity index (χ2n) is 7.86. The zero-order valence-electron chi connectivity index (χ0n) is 17.5. The summed E-state index contributed by atoms with van der Waals surface area (Å²) in [7, 11) is 0. The Bertz CT molecular complexity index is 1060. The molecule has 4 rings (SSSR count). The maximum absolute atomic E-state index is 12.9. The predicted octanol–water partition coefficient (Wildman–Crippen LogP) is 5.22. The van der Waals surface area contributed by atoms with Crippen molar-refractivity contribution < 1.29 is 19.4 Å². The fraction of sp³-hybridized carbons (Fsp3) is 0.231. The minimum Gasteiger partial charge on any atom is -0.481 e. The van der Waals surface area contributed by atoms with E-state index in [0.717, 1.165) is 22.3 Å². The van der Waals surface area contributed by atoms with E-state index in [1.54, 1.807) is 0 Å². The quantitative estimate of drug-likeness (QED) is 0.574. The van der Waals surface area contributed by atoms with Gasteiger partial charge in [0, 0.05) is 19.0 Å². The highest BCUT2D eigenvalue weighted by Crippen LogP contribution is 2.44. The van der Waals surface area contributed by atoms with Crippen molar-refractivity contribution in [3.63, 3.8) is 0 Å². The second-order valence-corrected chi connectivity index (χ2v) is 7.86. The molecule has 5 heteroatoms. The van der Waals surface area contributed by atoms with Gasteiger partial charge in [-0.05, 0) is 34.7 Å². The van der Waals surface area contributed by atoms with Gasteiger partial charge in [-0.15, -0.1) is 0 Å². The maximum atomic E-state index is 12.9. The second kappa shape index (κ2) is 9.04. The van der Waals surface area contributed by atoms with E-state index in [0.29, 0.717) is 6.54 Å². The molecule has 1 N–H and O–H groups in total. The summed E-state index contributed by atoms with van der Waals surface area (Å²) in [5.74, 6) is -0.975. The van der Waals surface area contributed by atoms with Crippen LogP contribution in [0, 0.1) is 6.92 Å². The molecule has 1 amide bonds. The van der Waals surface area contributed by atoms with Gasteiger partial charge in [0.05, 0.1) is 6.42 Å². The minimum absolute atomic E-state index is 0.0309. The molecular formula is C26H25NO4. The average Bonchev–Trinajstić information content (AvgIpc) is 3.09. The molecule has 3 aromatic rings. The van der Waals surface area contributed by atoms with Crippen LogP contribution in [0.2, 0.25) is 0 Å². The topological polar surface area (TPSA) is 66.8 Å². The molecule has 0 bridgehead atoms. The van der Waals surface area contributed by atoms with E-state index in [4.69, 9.17) is 9.84 Å². The van der Waals surface area contributed by atoms with E-state index < -0.39 is 12.1 Å². The van der Waals surface area contributed by atoms with Crippen LogP contribution in [0.15, 0.2) is 72.8 Å². The van der Waals surface area contributed by atoms with Gasteiger partial charge in [-0.3, -0.25) is 4.79 Å². The Hall–Kier alpha value is -3.60. The first-order valence-electron chi connectivity index (χ1n) is 10.4. The Morgan fingerprint density at radius 3 is 2.19 bits per heavy atom. The van der Waals surface area contributed by atoms with Crippen LogP contribution in [0.4, 0.5) is 4.79 Å². The highest BCUT2D eigenvalue weighted by molar-refractivity contribution is 5.79. The summed E-state index contributed by atoms with van der Waals surface area (Å²) < 4.78 is 5.73. The number of carboxylic acids is 1. The van der Waals surface area contributed by atoms with E-state index in [2.05, 4.69) is 24.3 Å². The molecular weight excluding hydrogens is 390 g/mol. The number of amides is 1. The SMILES string of the molecule is Cc1cccc(CN(CCC(=O)O)C(=O)OCC2c3ccccc3-c3ccccc32)c1. The molecule has 0 spiro atoms. The van der Waals surface area contributed by atoms with Crippen molar-refractivity contribution in [1.29, 1.82) is 0 Å². The van der Waals surface area contributed by atoms with Gasteiger partial charge in [0.2, 0.25) is 0 Å². The lowest BCUT2D eigenvalue weighted by molar-refractivity contribution is -0.137. The normalized spacial score (nSPS) is 12.2. The molecule has 0 saturated carbocycles. The van der Waals surface area contributed by atoms with Gasteiger partial charge in [-0.2, -0.15) is 0 Å². The van der Waals surface area contributed by atoms with Gasteiger partial charge >= 0.3 is 12.1 Å². The lowest BCUT2D eigenvalue weighted by atomic mass is 9.98. The molecule has 1 aliphatic rings.